The second-order valence-electron chi connectivity index (χ2n) is 6.39. The number of hydrogen-bond donors (Lipinski definition) is 1. The van der Waals surface area contributed by atoms with E-state index in [-0.39, 0.29) is 5.41 Å². The third kappa shape index (κ3) is 1.94. The molecule has 1 saturated heterocycles. The number of benzene rings is 1. The van der Waals surface area contributed by atoms with E-state index >= 15 is 0 Å². The molecule has 0 spiro atoms. The Morgan fingerprint density at radius 2 is 2.32 bits per heavy atom. The van der Waals surface area contributed by atoms with Crippen LogP contribution in [0.5, 0.6) is 0 Å². The molecule has 110 valence electrons. The average Bonchev–Trinajstić information content (AvgIpc) is 3.12. The molecule has 2 aromatic rings. The molecule has 1 aliphatic carbocycles. The van der Waals surface area contributed by atoms with Crippen LogP contribution in [0.1, 0.15) is 18.9 Å². The summed E-state index contributed by atoms with van der Waals surface area (Å²) in [6.45, 7) is 3.90. The predicted octanol–water partition coefficient (Wildman–Crippen LogP) is 3.01. The van der Waals surface area contributed by atoms with Crippen molar-refractivity contribution in [1.29, 1.82) is 0 Å². The normalized spacial score (nSPS) is 26.6. The summed E-state index contributed by atoms with van der Waals surface area (Å²) < 4.78 is 0. The molecule has 2 heterocycles. The number of nitrogens with one attached hydrogen (secondary N) is 1. The molecule has 1 aromatic carbocycles. The van der Waals surface area contributed by atoms with Crippen molar-refractivity contribution in [2.24, 2.45) is 11.3 Å². The maximum absolute atomic E-state index is 11.3. The van der Waals surface area contributed by atoms with Crippen molar-refractivity contribution in [2.45, 2.75) is 13.3 Å². The molecule has 2 unspecified atom stereocenters. The summed E-state index contributed by atoms with van der Waals surface area (Å²) in [5.41, 5.74) is 4.13. The highest BCUT2D eigenvalue weighted by Crippen LogP contribution is 2.61. The summed E-state index contributed by atoms with van der Waals surface area (Å²) in [7, 11) is 0. The largest absolute Gasteiger partial charge is 0.316 e. The molecule has 0 radical (unpaired) electrons. The maximum atomic E-state index is 11.3. The molecule has 1 aliphatic heterocycles. The van der Waals surface area contributed by atoms with E-state index in [1.54, 1.807) is 0 Å². The quantitative estimate of drug-likeness (QED) is 0.698. The van der Waals surface area contributed by atoms with Crippen LogP contribution in [0, 0.1) is 11.3 Å². The number of rotatable bonds is 3. The fraction of sp³-hybridized carbons (Fsp3) is 0.316. The lowest BCUT2D eigenvalue weighted by atomic mass is 9.87. The first-order valence-corrected chi connectivity index (χ1v) is 7.73. The minimum absolute atomic E-state index is 0.145. The molecule has 2 aliphatic rings. The van der Waals surface area contributed by atoms with Gasteiger partial charge in [0.1, 0.15) is 5.94 Å². The van der Waals surface area contributed by atoms with E-state index in [9.17, 15) is 4.79 Å². The minimum atomic E-state index is 0.145. The van der Waals surface area contributed by atoms with Gasteiger partial charge in [-0.3, -0.25) is 4.98 Å². The molecule has 0 amide bonds. The Kier molecular flexibility index (Phi) is 3.00. The van der Waals surface area contributed by atoms with Gasteiger partial charge in [0, 0.05) is 29.1 Å². The van der Waals surface area contributed by atoms with E-state index in [2.05, 4.69) is 34.5 Å². The van der Waals surface area contributed by atoms with Gasteiger partial charge in [0.15, 0.2) is 0 Å². The van der Waals surface area contributed by atoms with Crippen LogP contribution in [0.15, 0.2) is 47.7 Å². The van der Waals surface area contributed by atoms with Crippen LogP contribution in [0.3, 0.4) is 0 Å². The Morgan fingerprint density at radius 3 is 3.05 bits per heavy atom. The first-order chi connectivity index (χ1) is 10.7. The monoisotopic (exact) mass is 290 g/mol. The zero-order valence-corrected chi connectivity index (χ0v) is 12.6. The van der Waals surface area contributed by atoms with Gasteiger partial charge in [0.05, 0.1) is 5.52 Å². The summed E-state index contributed by atoms with van der Waals surface area (Å²) in [6, 6.07) is 10.2. The molecule has 3 nitrogen and oxygen atoms in total. The van der Waals surface area contributed by atoms with Crippen molar-refractivity contribution < 1.29 is 4.79 Å². The van der Waals surface area contributed by atoms with Gasteiger partial charge in [-0.05, 0) is 55.2 Å². The van der Waals surface area contributed by atoms with Crippen LogP contribution in [-0.4, -0.2) is 24.0 Å². The van der Waals surface area contributed by atoms with Crippen LogP contribution >= 0.6 is 0 Å². The van der Waals surface area contributed by atoms with E-state index in [1.807, 2.05) is 31.3 Å². The average molecular weight is 290 g/mol. The van der Waals surface area contributed by atoms with Gasteiger partial charge in [-0.1, -0.05) is 18.2 Å². The molecule has 1 saturated carbocycles. The second kappa shape index (κ2) is 4.91. The van der Waals surface area contributed by atoms with Gasteiger partial charge in [-0.25, -0.2) is 4.79 Å². The summed E-state index contributed by atoms with van der Waals surface area (Å²) in [5, 5.41) is 4.57. The van der Waals surface area contributed by atoms with Crippen molar-refractivity contribution in [3.63, 3.8) is 0 Å². The number of aromatic nitrogens is 1. The fourth-order valence-electron chi connectivity index (χ4n) is 3.85. The van der Waals surface area contributed by atoms with E-state index in [0.29, 0.717) is 5.92 Å². The van der Waals surface area contributed by atoms with Crippen molar-refractivity contribution in [3.05, 3.63) is 53.2 Å². The Labute approximate surface area is 129 Å². The number of hydrogen-bond acceptors (Lipinski definition) is 3. The van der Waals surface area contributed by atoms with Gasteiger partial charge in [-0.15, -0.1) is 0 Å². The van der Waals surface area contributed by atoms with Gasteiger partial charge >= 0.3 is 0 Å². The first kappa shape index (κ1) is 13.4. The highest BCUT2D eigenvalue weighted by molar-refractivity contribution is 5.89. The van der Waals surface area contributed by atoms with Crippen molar-refractivity contribution in [2.75, 3.05) is 13.1 Å². The highest BCUT2D eigenvalue weighted by atomic mass is 16.1. The minimum Gasteiger partial charge on any atom is -0.316 e. The van der Waals surface area contributed by atoms with E-state index in [0.717, 1.165) is 40.7 Å². The van der Waals surface area contributed by atoms with Crippen molar-refractivity contribution in [3.8, 4) is 0 Å². The Hall–Kier alpha value is -2.22. The van der Waals surface area contributed by atoms with Crippen LogP contribution < -0.4 is 5.32 Å². The molecular formula is C19H18N2O. The number of fused-ring (bicyclic) bond motifs is 2. The molecule has 1 N–H and O–H groups in total. The number of pyridine rings is 1. The molecule has 4 rings (SSSR count). The van der Waals surface area contributed by atoms with E-state index < -0.39 is 0 Å². The third-order valence-corrected chi connectivity index (χ3v) is 5.14. The predicted molar refractivity (Wildman–Crippen MR) is 88.0 cm³/mol. The Bertz CT molecular complexity index is 827. The number of allylic oxidation sites excluding steroid dienone is 1. The Morgan fingerprint density at radius 1 is 1.41 bits per heavy atom. The summed E-state index contributed by atoms with van der Waals surface area (Å²) in [6.07, 6.45) is 5.16. The highest BCUT2D eigenvalue weighted by Gasteiger charge is 2.59. The summed E-state index contributed by atoms with van der Waals surface area (Å²) in [5.74, 6) is 2.78. The van der Waals surface area contributed by atoms with Crippen molar-refractivity contribution in [1.82, 2.24) is 10.3 Å². The maximum Gasteiger partial charge on any atom is 0.127 e. The molecule has 2 atom stereocenters. The van der Waals surface area contributed by atoms with Gasteiger partial charge in [0.25, 0.3) is 0 Å². The van der Waals surface area contributed by atoms with Gasteiger partial charge in [-0.2, -0.15) is 0 Å². The lowest BCUT2D eigenvalue weighted by Gasteiger charge is -2.16. The zero-order chi connectivity index (χ0) is 15.2. The summed E-state index contributed by atoms with van der Waals surface area (Å²) >= 11 is 0. The first-order valence-electron chi connectivity index (χ1n) is 7.73. The van der Waals surface area contributed by atoms with E-state index in [4.69, 9.17) is 0 Å². The van der Waals surface area contributed by atoms with Crippen LogP contribution in [0.2, 0.25) is 0 Å². The van der Waals surface area contributed by atoms with Crippen LogP contribution in [-0.2, 0) is 4.79 Å². The third-order valence-electron chi connectivity index (χ3n) is 5.14. The number of piperidine rings is 1. The molecule has 3 heteroatoms. The fourth-order valence-corrected chi connectivity index (χ4v) is 3.85. The molecule has 22 heavy (non-hydrogen) atoms. The Balaban J connectivity index is 1.89. The van der Waals surface area contributed by atoms with Crippen LogP contribution in [0.25, 0.3) is 17.0 Å². The standard InChI is InChI=1S/C19H18N2O/c1-13(11-22)17(19-9-15(19)10-20-12-19)8-14-4-2-6-18-16(14)5-3-7-21-18/h2-8,15,20H,9-10,12H2,1H3/b17-8+. The van der Waals surface area contributed by atoms with E-state index in [1.165, 1.54) is 6.42 Å². The lowest BCUT2D eigenvalue weighted by Crippen LogP contribution is -2.18. The smallest absolute Gasteiger partial charge is 0.127 e. The lowest BCUT2D eigenvalue weighted by molar-refractivity contribution is 0.564. The molecule has 0 bridgehead atoms. The molecule has 1 aromatic heterocycles. The van der Waals surface area contributed by atoms with Gasteiger partial charge < -0.3 is 5.32 Å². The molecule has 2 fully saturated rings. The second-order valence-corrected chi connectivity index (χ2v) is 6.39. The SMILES string of the molecule is CC(=C=O)/C(=C\c1cccc2ncccc12)C12CNCC1C2. The summed E-state index contributed by atoms with van der Waals surface area (Å²) in [4.78, 5) is 15.7. The zero-order valence-electron chi connectivity index (χ0n) is 12.6. The number of carbonyl (C=O) groups excluding carboxylic acids is 1. The topological polar surface area (TPSA) is 42.0 Å². The van der Waals surface area contributed by atoms with Crippen LogP contribution in [0.4, 0.5) is 0 Å². The van der Waals surface area contributed by atoms with Crippen molar-refractivity contribution >= 4 is 22.9 Å². The number of nitrogens with zero attached hydrogens (tertiary/aromatic N) is 1. The molecular weight excluding hydrogens is 272 g/mol. The van der Waals surface area contributed by atoms with Gasteiger partial charge in [0.2, 0.25) is 0 Å².